The van der Waals surface area contributed by atoms with Crippen LogP contribution in [0.1, 0.15) is 5.69 Å². The molecule has 0 saturated heterocycles. The first-order valence-corrected chi connectivity index (χ1v) is 5.41. The van der Waals surface area contributed by atoms with Crippen molar-refractivity contribution in [1.29, 1.82) is 0 Å². The summed E-state index contributed by atoms with van der Waals surface area (Å²) in [5, 5.41) is 5.42. The van der Waals surface area contributed by atoms with Crippen molar-refractivity contribution in [3.8, 4) is 5.69 Å². The number of benzene rings is 1. The predicted molar refractivity (Wildman–Crippen MR) is 68.0 cm³/mol. The number of pyridine rings is 1. The summed E-state index contributed by atoms with van der Waals surface area (Å²) in [4.78, 5) is 4.31. The molecule has 84 valence electrons. The van der Waals surface area contributed by atoms with E-state index in [9.17, 15) is 0 Å². The van der Waals surface area contributed by atoms with Crippen molar-refractivity contribution in [2.75, 3.05) is 5.73 Å². The Morgan fingerprint density at radius 2 is 2.06 bits per heavy atom. The number of hydrogen-bond acceptors (Lipinski definition) is 3. The fourth-order valence-electron chi connectivity index (χ4n) is 1.93. The van der Waals surface area contributed by atoms with Crippen molar-refractivity contribution in [3.63, 3.8) is 0 Å². The molecule has 4 heteroatoms. The van der Waals surface area contributed by atoms with Gasteiger partial charge < -0.3 is 5.73 Å². The second-order valence-corrected chi connectivity index (χ2v) is 3.98. The van der Waals surface area contributed by atoms with Gasteiger partial charge in [0.05, 0.1) is 22.6 Å². The van der Waals surface area contributed by atoms with E-state index in [2.05, 4.69) is 10.1 Å². The molecule has 4 nitrogen and oxygen atoms in total. The number of aromatic nitrogens is 3. The van der Waals surface area contributed by atoms with Gasteiger partial charge in [-0.25, -0.2) is 4.68 Å². The predicted octanol–water partition coefficient (Wildman–Crippen LogP) is 2.31. The Hall–Kier alpha value is -2.36. The maximum Gasteiger partial charge on any atom is 0.0952 e. The van der Waals surface area contributed by atoms with E-state index in [0.717, 1.165) is 22.3 Å². The number of rotatable bonds is 1. The van der Waals surface area contributed by atoms with E-state index in [1.54, 1.807) is 6.20 Å². The standard InChI is InChI=1S/C13H12N4/c1-9-6-8-17(16-9)12-5-7-15-13-10(12)3-2-4-11(13)14/h2-8H,14H2,1H3. The van der Waals surface area contributed by atoms with E-state index in [-0.39, 0.29) is 0 Å². The van der Waals surface area contributed by atoms with Crippen LogP contribution in [0.15, 0.2) is 42.7 Å². The molecule has 0 bridgehead atoms. The van der Waals surface area contributed by atoms with E-state index in [1.165, 1.54) is 0 Å². The summed E-state index contributed by atoms with van der Waals surface area (Å²) in [7, 11) is 0. The molecule has 0 radical (unpaired) electrons. The number of aryl methyl sites for hydroxylation is 1. The molecule has 1 aromatic carbocycles. The Balaban J connectivity index is 2.34. The molecule has 0 fully saturated rings. The summed E-state index contributed by atoms with van der Waals surface area (Å²) in [6.07, 6.45) is 3.69. The highest BCUT2D eigenvalue weighted by atomic mass is 15.3. The van der Waals surface area contributed by atoms with Crippen molar-refractivity contribution in [2.24, 2.45) is 0 Å². The highest BCUT2D eigenvalue weighted by Gasteiger charge is 2.06. The van der Waals surface area contributed by atoms with Gasteiger partial charge in [0.25, 0.3) is 0 Å². The molecule has 3 rings (SSSR count). The highest BCUT2D eigenvalue weighted by molar-refractivity contribution is 5.94. The lowest BCUT2D eigenvalue weighted by molar-refractivity contribution is 0.868. The summed E-state index contributed by atoms with van der Waals surface area (Å²) in [6.45, 7) is 1.97. The average Bonchev–Trinajstić information content (AvgIpc) is 2.76. The Morgan fingerprint density at radius 1 is 1.18 bits per heavy atom. The van der Waals surface area contributed by atoms with Gasteiger partial charge in [-0.2, -0.15) is 5.10 Å². The van der Waals surface area contributed by atoms with Crippen LogP contribution in [0.2, 0.25) is 0 Å². The van der Waals surface area contributed by atoms with Gasteiger partial charge >= 0.3 is 0 Å². The molecule has 0 aliphatic rings. The maximum absolute atomic E-state index is 5.92. The molecule has 0 aliphatic carbocycles. The second-order valence-electron chi connectivity index (χ2n) is 3.98. The summed E-state index contributed by atoms with van der Waals surface area (Å²) in [5.74, 6) is 0. The minimum atomic E-state index is 0.688. The molecule has 0 unspecified atom stereocenters. The summed E-state index contributed by atoms with van der Waals surface area (Å²) >= 11 is 0. The van der Waals surface area contributed by atoms with Gasteiger partial charge in [0, 0.05) is 17.8 Å². The van der Waals surface area contributed by atoms with Gasteiger partial charge in [-0.15, -0.1) is 0 Å². The smallest absolute Gasteiger partial charge is 0.0952 e. The van der Waals surface area contributed by atoms with Gasteiger partial charge in [-0.3, -0.25) is 4.98 Å². The lowest BCUT2D eigenvalue weighted by atomic mass is 10.1. The van der Waals surface area contributed by atoms with Crippen molar-refractivity contribution in [1.82, 2.24) is 14.8 Å². The quantitative estimate of drug-likeness (QED) is 0.645. The second kappa shape index (κ2) is 3.59. The van der Waals surface area contributed by atoms with Gasteiger partial charge in [0.15, 0.2) is 0 Å². The van der Waals surface area contributed by atoms with Gasteiger partial charge in [0.1, 0.15) is 0 Å². The Kier molecular flexibility index (Phi) is 2.08. The zero-order valence-electron chi connectivity index (χ0n) is 9.46. The molecule has 0 saturated carbocycles. The van der Waals surface area contributed by atoms with E-state index < -0.39 is 0 Å². The highest BCUT2D eigenvalue weighted by Crippen LogP contribution is 2.24. The van der Waals surface area contributed by atoms with Crippen LogP contribution >= 0.6 is 0 Å². The SMILES string of the molecule is Cc1ccn(-c2ccnc3c(N)cccc23)n1. The molecule has 2 aromatic heterocycles. The van der Waals surface area contributed by atoms with Crippen molar-refractivity contribution < 1.29 is 0 Å². The topological polar surface area (TPSA) is 56.7 Å². The first-order valence-electron chi connectivity index (χ1n) is 5.41. The van der Waals surface area contributed by atoms with E-state index in [1.807, 2.05) is 48.1 Å². The summed E-state index contributed by atoms with van der Waals surface area (Å²) < 4.78 is 1.85. The molecule has 3 aromatic rings. The Bertz CT molecular complexity index is 685. The van der Waals surface area contributed by atoms with Crippen LogP contribution in [0.5, 0.6) is 0 Å². The summed E-state index contributed by atoms with van der Waals surface area (Å²) in [5.41, 5.74) is 9.40. The van der Waals surface area contributed by atoms with Crippen LogP contribution < -0.4 is 5.73 Å². The number of nitrogen functional groups attached to an aromatic ring is 1. The van der Waals surface area contributed by atoms with Crippen molar-refractivity contribution in [2.45, 2.75) is 6.92 Å². The molecule has 0 atom stereocenters. The lowest BCUT2D eigenvalue weighted by Gasteiger charge is -2.07. The van der Waals surface area contributed by atoms with E-state index in [4.69, 9.17) is 5.73 Å². The largest absolute Gasteiger partial charge is 0.397 e. The summed E-state index contributed by atoms with van der Waals surface area (Å²) in [6, 6.07) is 9.70. The number of nitrogens with two attached hydrogens (primary N) is 1. The Labute approximate surface area is 98.7 Å². The van der Waals surface area contributed by atoms with Crippen LogP contribution in [-0.4, -0.2) is 14.8 Å². The number of anilines is 1. The monoisotopic (exact) mass is 224 g/mol. The molecule has 2 N–H and O–H groups in total. The van der Waals surface area contributed by atoms with Gasteiger partial charge in [-0.1, -0.05) is 12.1 Å². The normalized spacial score (nSPS) is 10.9. The molecule has 0 aliphatic heterocycles. The first kappa shape index (κ1) is 9.84. The Morgan fingerprint density at radius 3 is 2.82 bits per heavy atom. The number of para-hydroxylation sites is 1. The van der Waals surface area contributed by atoms with Crippen LogP contribution in [0.4, 0.5) is 5.69 Å². The average molecular weight is 224 g/mol. The van der Waals surface area contributed by atoms with E-state index >= 15 is 0 Å². The lowest BCUT2D eigenvalue weighted by Crippen LogP contribution is -1.98. The number of nitrogens with zero attached hydrogens (tertiary/aromatic N) is 3. The molecule has 2 heterocycles. The first-order chi connectivity index (χ1) is 8.25. The van der Waals surface area contributed by atoms with Crippen LogP contribution in [0.25, 0.3) is 16.6 Å². The zero-order chi connectivity index (χ0) is 11.8. The molecule has 0 amide bonds. The molecule has 17 heavy (non-hydrogen) atoms. The minimum Gasteiger partial charge on any atom is -0.397 e. The van der Waals surface area contributed by atoms with Gasteiger partial charge in [0.2, 0.25) is 0 Å². The zero-order valence-corrected chi connectivity index (χ0v) is 9.46. The van der Waals surface area contributed by atoms with Crippen LogP contribution in [-0.2, 0) is 0 Å². The third-order valence-electron chi connectivity index (χ3n) is 2.75. The fraction of sp³-hybridized carbons (Fsp3) is 0.0769. The number of hydrogen-bond donors (Lipinski definition) is 1. The van der Waals surface area contributed by atoms with Crippen molar-refractivity contribution >= 4 is 16.6 Å². The van der Waals surface area contributed by atoms with Gasteiger partial charge in [-0.05, 0) is 25.1 Å². The molecular weight excluding hydrogens is 212 g/mol. The van der Waals surface area contributed by atoms with Crippen molar-refractivity contribution in [3.05, 3.63) is 48.4 Å². The third kappa shape index (κ3) is 1.54. The maximum atomic E-state index is 5.92. The van der Waals surface area contributed by atoms with Crippen LogP contribution in [0, 0.1) is 6.92 Å². The van der Waals surface area contributed by atoms with Crippen LogP contribution in [0.3, 0.4) is 0 Å². The molecule has 0 spiro atoms. The molecular formula is C13H12N4. The van der Waals surface area contributed by atoms with E-state index in [0.29, 0.717) is 5.69 Å². The minimum absolute atomic E-state index is 0.688. The fourth-order valence-corrected chi connectivity index (χ4v) is 1.93. The number of fused-ring (bicyclic) bond motifs is 1. The third-order valence-corrected chi connectivity index (χ3v) is 2.75.